The summed E-state index contributed by atoms with van der Waals surface area (Å²) in [7, 11) is 5.21. The topological polar surface area (TPSA) is 76.1 Å². The Hall–Kier alpha value is -3.28. The maximum atomic E-state index is 11.7. The van der Waals surface area contributed by atoms with E-state index in [4.69, 9.17) is 14.6 Å². The van der Waals surface area contributed by atoms with E-state index >= 15 is 0 Å². The van der Waals surface area contributed by atoms with Crippen LogP contribution in [-0.2, 0) is 22.4 Å². The van der Waals surface area contributed by atoms with E-state index in [2.05, 4.69) is 18.2 Å². The molecule has 2 aromatic carbocycles. The number of carbonyl (C=O) groups excluding carboxylic acids is 1. The molecular weight excluding hydrogens is 442 g/mol. The minimum atomic E-state index is -0.813. The molecular formula is C29H39NO5. The highest BCUT2D eigenvalue weighted by Crippen LogP contribution is 2.24. The molecule has 0 saturated carbocycles. The van der Waals surface area contributed by atoms with E-state index in [0.29, 0.717) is 19.4 Å². The molecule has 0 heterocycles. The van der Waals surface area contributed by atoms with Gasteiger partial charge in [-0.15, -0.1) is 0 Å². The van der Waals surface area contributed by atoms with Gasteiger partial charge in [-0.2, -0.15) is 0 Å². The van der Waals surface area contributed by atoms with Crippen molar-refractivity contribution < 1.29 is 24.2 Å². The van der Waals surface area contributed by atoms with E-state index in [0.717, 1.165) is 66.7 Å². The van der Waals surface area contributed by atoms with E-state index in [-0.39, 0.29) is 12.3 Å². The number of aliphatic carboxylic acids is 1. The number of methoxy groups -OCH3 is 1. The molecule has 6 heteroatoms. The number of amides is 1. The van der Waals surface area contributed by atoms with Gasteiger partial charge in [-0.1, -0.05) is 36.4 Å². The van der Waals surface area contributed by atoms with Crippen molar-refractivity contribution >= 4 is 18.0 Å². The lowest BCUT2D eigenvalue weighted by Gasteiger charge is -2.13. The highest BCUT2D eigenvalue weighted by Gasteiger charge is 2.09. The number of carboxylic acid groups (broad SMARTS) is 1. The van der Waals surface area contributed by atoms with E-state index in [1.54, 1.807) is 26.1 Å². The molecule has 0 saturated heterocycles. The van der Waals surface area contributed by atoms with Crippen LogP contribution in [0.25, 0.3) is 6.08 Å². The third kappa shape index (κ3) is 11.1. The molecule has 0 radical (unpaired) electrons. The second-order valence-corrected chi connectivity index (χ2v) is 8.85. The number of aryl methyl sites for hydroxylation is 2. The van der Waals surface area contributed by atoms with Crippen molar-refractivity contribution in [3.63, 3.8) is 0 Å². The normalized spacial score (nSPS) is 10.9. The van der Waals surface area contributed by atoms with Crippen LogP contribution in [0.4, 0.5) is 0 Å². The molecule has 0 atom stereocenters. The van der Waals surface area contributed by atoms with Gasteiger partial charge >= 0.3 is 5.97 Å². The van der Waals surface area contributed by atoms with Crippen molar-refractivity contribution in [1.82, 2.24) is 4.90 Å². The monoisotopic (exact) mass is 481 g/mol. The molecule has 0 bridgehead atoms. The van der Waals surface area contributed by atoms with Crippen LogP contribution in [0.3, 0.4) is 0 Å². The summed E-state index contributed by atoms with van der Waals surface area (Å²) in [4.78, 5) is 24.4. The first kappa shape index (κ1) is 28.0. The second kappa shape index (κ2) is 15.6. The number of benzene rings is 2. The van der Waals surface area contributed by atoms with Gasteiger partial charge in [-0.25, -0.2) is 0 Å². The van der Waals surface area contributed by atoms with Crippen molar-refractivity contribution in [1.29, 1.82) is 0 Å². The first-order valence-electron chi connectivity index (χ1n) is 12.4. The Kier molecular flexibility index (Phi) is 12.5. The van der Waals surface area contributed by atoms with Gasteiger partial charge in [0.15, 0.2) is 0 Å². The summed E-state index contributed by atoms with van der Waals surface area (Å²) < 4.78 is 11.2. The summed E-state index contributed by atoms with van der Waals surface area (Å²) in [6, 6.07) is 14.0. The summed E-state index contributed by atoms with van der Waals surface area (Å²) in [5, 5.41) is 9.12. The zero-order valence-electron chi connectivity index (χ0n) is 21.3. The zero-order valence-corrected chi connectivity index (χ0v) is 21.3. The second-order valence-electron chi connectivity index (χ2n) is 8.85. The van der Waals surface area contributed by atoms with Gasteiger partial charge in [-0.3, -0.25) is 9.59 Å². The lowest BCUT2D eigenvalue weighted by molar-refractivity contribution is -0.137. The Morgan fingerprint density at radius 2 is 1.71 bits per heavy atom. The smallest absolute Gasteiger partial charge is 0.303 e. The summed E-state index contributed by atoms with van der Waals surface area (Å²) in [6.07, 6.45) is 10.9. The standard InChI is InChI=1S/C29H39NO5/c1-30(2)28(31)12-8-7-11-24-15-19-27(25(22-24)16-20-29(32)33)35-21-9-5-4-6-10-23-13-17-26(34-3)18-14-23/h6,10,13-15,17-19,22H,4-5,7-9,11-12,16,20-21H2,1-3H3,(H,32,33). The molecule has 0 aromatic heterocycles. The number of allylic oxidation sites excluding steroid dienone is 1. The lowest BCUT2D eigenvalue weighted by Crippen LogP contribution is -2.21. The van der Waals surface area contributed by atoms with Crippen LogP contribution in [0.1, 0.15) is 61.6 Å². The van der Waals surface area contributed by atoms with Gasteiger partial charge in [0.2, 0.25) is 5.91 Å². The first-order valence-corrected chi connectivity index (χ1v) is 12.4. The van der Waals surface area contributed by atoms with Crippen LogP contribution in [-0.4, -0.2) is 49.7 Å². The average Bonchev–Trinajstić information content (AvgIpc) is 2.85. The minimum absolute atomic E-state index is 0.0767. The molecule has 0 fully saturated rings. The van der Waals surface area contributed by atoms with Crippen molar-refractivity contribution in [2.45, 2.75) is 57.8 Å². The number of nitrogens with zero attached hydrogens (tertiary/aromatic N) is 1. The molecule has 2 aromatic rings. The number of hydrogen-bond donors (Lipinski definition) is 1. The van der Waals surface area contributed by atoms with Crippen LogP contribution in [0.5, 0.6) is 11.5 Å². The highest BCUT2D eigenvalue weighted by molar-refractivity contribution is 5.75. The van der Waals surface area contributed by atoms with Gasteiger partial charge in [-0.05, 0) is 79.8 Å². The number of carbonyl (C=O) groups is 2. The summed E-state index contributed by atoms with van der Waals surface area (Å²) in [5.41, 5.74) is 3.24. The van der Waals surface area contributed by atoms with Gasteiger partial charge in [0.1, 0.15) is 11.5 Å². The Morgan fingerprint density at radius 1 is 0.943 bits per heavy atom. The van der Waals surface area contributed by atoms with Gasteiger partial charge in [0.25, 0.3) is 0 Å². The highest BCUT2D eigenvalue weighted by atomic mass is 16.5. The van der Waals surface area contributed by atoms with Crippen molar-refractivity contribution in [3.8, 4) is 11.5 Å². The molecule has 0 unspecified atom stereocenters. The number of hydrogen-bond acceptors (Lipinski definition) is 4. The minimum Gasteiger partial charge on any atom is -0.497 e. The molecule has 2 rings (SSSR count). The van der Waals surface area contributed by atoms with Gasteiger partial charge in [0.05, 0.1) is 13.7 Å². The maximum Gasteiger partial charge on any atom is 0.303 e. The van der Waals surface area contributed by atoms with Crippen LogP contribution in [0.2, 0.25) is 0 Å². The quantitative estimate of drug-likeness (QED) is 0.308. The van der Waals surface area contributed by atoms with Crippen LogP contribution in [0, 0.1) is 0 Å². The predicted octanol–water partition coefficient (Wildman–Crippen LogP) is 5.78. The molecule has 0 spiro atoms. The van der Waals surface area contributed by atoms with Crippen molar-refractivity contribution in [3.05, 3.63) is 65.2 Å². The van der Waals surface area contributed by atoms with E-state index in [1.807, 2.05) is 36.4 Å². The first-order chi connectivity index (χ1) is 16.9. The number of ether oxygens (including phenoxy) is 2. The maximum absolute atomic E-state index is 11.7. The third-order valence-electron chi connectivity index (χ3n) is 5.79. The molecule has 6 nitrogen and oxygen atoms in total. The Bertz CT molecular complexity index is 950. The predicted molar refractivity (Wildman–Crippen MR) is 140 cm³/mol. The van der Waals surface area contributed by atoms with E-state index in [1.165, 1.54) is 0 Å². The van der Waals surface area contributed by atoms with Gasteiger partial charge < -0.3 is 19.5 Å². The molecule has 1 N–H and O–H groups in total. The van der Waals surface area contributed by atoms with E-state index in [9.17, 15) is 9.59 Å². The third-order valence-corrected chi connectivity index (χ3v) is 5.79. The van der Waals surface area contributed by atoms with Gasteiger partial charge in [0, 0.05) is 26.9 Å². The Morgan fingerprint density at radius 3 is 2.40 bits per heavy atom. The number of carboxylic acids is 1. The van der Waals surface area contributed by atoms with Crippen LogP contribution < -0.4 is 9.47 Å². The SMILES string of the molecule is COc1ccc(C=CCCCCOc2ccc(CCCCC(=O)N(C)C)cc2CCC(=O)O)cc1. The molecule has 0 aliphatic rings. The zero-order chi connectivity index (χ0) is 25.5. The fourth-order valence-electron chi connectivity index (χ4n) is 3.68. The van der Waals surface area contributed by atoms with Crippen LogP contribution >= 0.6 is 0 Å². The molecule has 1 amide bonds. The van der Waals surface area contributed by atoms with Crippen molar-refractivity contribution in [2.24, 2.45) is 0 Å². The molecule has 0 aliphatic carbocycles. The summed E-state index contributed by atoms with van der Waals surface area (Å²) >= 11 is 0. The average molecular weight is 482 g/mol. The Labute approximate surface area is 209 Å². The van der Waals surface area contributed by atoms with Crippen LogP contribution in [0.15, 0.2) is 48.5 Å². The lowest BCUT2D eigenvalue weighted by atomic mass is 10.0. The fourth-order valence-corrected chi connectivity index (χ4v) is 3.68. The fraction of sp³-hybridized carbons (Fsp3) is 0.448. The molecule has 0 aliphatic heterocycles. The molecule has 35 heavy (non-hydrogen) atoms. The Balaban J connectivity index is 1.79. The molecule has 190 valence electrons. The number of unbranched alkanes of at least 4 members (excludes halogenated alkanes) is 3. The summed E-state index contributed by atoms with van der Waals surface area (Å²) in [5.74, 6) is 0.956. The summed E-state index contributed by atoms with van der Waals surface area (Å²) in [6.45, 7) is 0.600. The number of rotatable bonds is 16. The van der Waals surface area contributed by atoms with E-state index < -0.39 is 5.97 Å². The van der Waals surface area contributed by atoms with Crippen molar-refractivity contribution in [2.75, 3.05) is 27.8 Å². The largest absolute Gasteiger partial charge is 0.497 e.